The van der Waals surface area contributed by atoms with E-state index in [4.69, 9.17) is 4.74 Å². The number of carbonyl (C=O) groups is 1. The van der Waals surface area contributed by atoms with Gasteiger partial charge in [0, 0.05) is 71.2 Å². The maximum absolute atomic E-state index is 12.5. The lowest BCUT2D eigenvalue weighted by Crippen LogP contribution is -2.49. The van der Waals surface area contributed by atoms with Crippen molar-refractivity contribution in [2.24, 2.45) is 7.05 Å². The van der Waals surface area contributed by atoms with Gasteiger partial charge in [0.2, 0.25) is 5.91 Å². The first kappa shape index (κ1) is 18.4. The number of amides is 1. The van der Waals surface area contributed by atoms with E-state index in [-0.39, 0.29) is 0 Å². The third-order valence-electron chi connectivity index (χ3n) is 5.46. The van der Waals surface area contributed by atoms with Crippen LogP contribution in [0.25, 0.3) is 0 Å². The number of morpholine rings is 1. The Morgan fingerprint density at radius 2 is 1.92 bits per heavy atom. The number of piperazine rings is 1. The van der Waals surface area contributed by atoms with Gasteiger partial charge >= 0.3 is 0 Å². The summed E-state index contributed by atoms with van der Waals surface area (Å²) in [5, 5.41) is 0. The molecule has 0 saturated carbocycles. The zero-order valence-corrected chi connectivity index (χ0v) is 15.6. The van der Waals surface area contributed by atoms with E-state index in [1.54, 1.807) is 0 Å². The average molecular weight is 349 g/mol. The van der Waals surface area contributed by atoms with Gasteiger partial charge in [0.15, 0.2) is 0 Å². The van der Waals surface area contributed by atoms with Gasteiger partial charge in [-0.2, -0.15) is 0 Å². The molecule has 0 spiro atoms. The molecule has 7 nitrogen and oxygen atoms in total. The molecule has 3 heterocycles. The molecule has 1 aromatic rings. The van der Waals surface area contributed by atoms with Crippen LogP contribution in [0.15, 0.2) is 12.4 Å². The average Bonchev–Trinajstić information content (AvgIpc) is 3.05. The number of hydrogen-bond donors (Lipinski definition) is 0. The highest BCUT2D eigenvalue weighted by Crippen LogP contribution is 2.12. The van der Waals surface area contributed by atoms with Gasteiger partial charge in [-0.1, -0.05) is 0 Å². The Hall–Kier alpha value is -1.44. The Balaban J connectivity index is 1.37. The summed E-state index contributed by atoms with van der Waals surface area (Å²) in [7, 11) is 2.03. The van der Waals surface area contributed by atoms with Crippen LogP contribution in [-0.4, -0.2) is 88.7 Å². The molecule has 1 amide bonds. The molecule has 3 rings (SSSR count). The summed E-state index contributed by atoms with van der Waals surface area (Å²) in [5.74, 6) is 1.39. The molecular formula is C18H31N5O2. The molecule has 0 bridgehead atoms. The van der Waals surface area contributed by atoms with Crippen molar-refractivity contribution < 1.29 is 9.53 Å². The van der Waals surface area contributed by atoms with Crippen LogP contribution >= 0.6 is 0 Å². The van der Waals surface area contributed by atoms with Crippen LogP contribution in [0.2, 0.25) is 0 Å². The predicted octanol–water partition coefficient (Wildman–Crippen LogP) is 0.565. The number of hydrogen-bond acceptors (Lipinski definition) is 5. The lowest BCUT2D eigenvalue weighted by Gasteiger charge is -2.35. The monoisotopic (exact) mass is 349 g/mol. The highest BCUT2D eigenvalue weighted by atomic mass is 16.5. The van der Waals surface area contributed by atoms with Crippen LogP contribution in [0.4, 0.5) is 0 Å². The molecule has 7 heteroatoms. The first-order valence-corrected chi connectivity index (χ1v) is 9.41. The number of aromatic nitrogens is 2. The summed E-state index contributed by atoms with van der Waals surface area (Å²) in [6.07, 6.45) is 5.40. The van der Waals surface area contributed by atoms with Crippen molar-refractivity contribution in [2.75, 3.05) is 52.5 Å². The van der Waals surface area contributed by atoms with Crippen LogP contribution in [0.1, 0.15) is 25.6 Å². The topological polar surface area (TPSA) is 53.8 Å². The molecule has 1 aromatic heterocycles. The standard InChI is InChI=1S/C18H31N5O2/c1-16(22-11-13-25-14-12-22)3-4-18(24)23-9-7-21(8-10-23)15-17-19-5-6-20(17)2/h5-6,16H,3-4,7-15H2,1-2H3. The molecule has 2 aliphatic rings. The number of imidazole rings is 1. The summed E-state index contributed by atoms with van der Waals surface area (Å²) in [5.41, 5.74) is 0. The van der Waals surface area contributed by atoms with Crippen molar-refractivity contribution in [3.63, 3.8) is 0 Å². The minimum Gasteiger partial charge on any atom is -0.379 e. The molecule has 0 radical (unpaired) electrons. The summed E-state index contributed by atoms with van der Waals surface area (Å²) < 4.78 is 7.46. The van der Waals surface area contributed by atoms with Crippen LogP contribution < -0.4 is 0 Å². The summed E-state index contributed by atoms with van der Waals surface area (Å²) in [6, 6.07) is 0.456. The smallest absolute Gasteiger partial charge is 0.222 e. The minimum absolute atomic E-state index is 0.303. The molecule has 2 aliphatic heterocycles. The first-order chi connectivity index (χ1) is 12.1. The summed E-state index contributed by atoms with van der Waals surface area (Å²) >= 11 is 0. The van der Waals surface area contributed by atoms with E-state index in [0.29, 0.717) is 18.4 Å². The maximum atomic E-state index is 12.5. The highest BCUT2D eigenvalue weighted by Gasteiger charge is 2.23. The number of rotatable bonds is 6. The van der Waals surface area contributed by atoms with Crippen LogP contribution in [0.5, 0.6) is 0 Å². The number of aryl methyl sites for hydroxylation is 1. The van der Waals surface area contributed by atoms with E-state index in [0.717, 1.165) is 71.3 Å². The van der Waals surface area contributed by atoms with E-state index in [9.17, 15) is 4.79 Å². The highest BCUT2D eigenvalue weighted by molar-refractivity contribution is 5.76. The van der Waals surface area contributed by atoms with E-state index < -0.39 is 0 Å². The molecule has 2 saturated heterocycles. The van der Waals surface area contributed by atoms with Gasteiger partial charge in [-0.05, 0) is 13.3 Å². The second kappa shape index (κ2) is 8.78. The van der Waals surface area contributed by atoms with E-state index in [1.807, 2.05) is 24.3 Å². The minimum atomic E-state index is 0.303. The van der Waals surface area contributed by atoms with Gasteiger partial charge in [-0.15, -0.1) is 0 Å². The SMILES string of the molecule is CC(CCC(=O)N1CCN(Cc2nccn2C)CC1)N1CCOCC1. The van der Waals surface area contributed by atoms with Crippen molar-refractivity contribution in [3.05, 3.63) is 18.2 Å². The second-order valence-electron chi connectivity index (χ2n) is 7.15. The lowest BCUT2D eigenvalue weighted by atomic mass is 10.1. The summed E-state index contributed by atoms with van der Waals surface area (Å²) in [4.78, 5) is 23.7. The normalized spacial score (nSPS) is 21.4. The van der Waals surface area contributed by atoms with Gasteiger partial charge in [-0.3, -0.25) is 14.6 Å². The van der Waals surface area contributed by atoms with Crippen molar-refractivity contribution in [1.82, 2.24) is 24.3 Å². The zero-order chi connectivity index (χ0) is 17.6. The molecule has 0 N–H and O–H groups in total. The predicted molar refractivity (Wildman–Crippen MR) is 96.2 cm³/mol. The molecule has 1 unspecified atom stereocenters. The fraction of sp³-hybridized carbons (Fsp3) is 0.778. The van der Waals surface area contributed by atoms with Gasteiger partial charge in [-0.25, -0.2) is 4.98 Å². The van der Waals surface area contributed by atoms with E-state index in [1.165, 1.54) is 0 Å². The van der Waals surface area contributed by atoms with Gasteiger partial charge in [0.05, 0.1) is 19.8 Å². The third-order valence-corrected chi connectivity index (χ3v) is 5.46. The van der Waals surface area contributed by atoms with Gasteiger partial charge in [0.1, 0.15) is 5.82 Å². The molecule has 25 heavy (non-hydrogen) atoms. The van der Waals surface area contributed by atoms with E-state index >= 15 is 0 Å². The maximum Gasteiger partial charge on any atom is 0.222 e. The Morgan fingerprint density at radius 1 is 1.20 bits per heavy atom. The molecule has 140 valence electrons. The Bertz CT molecular complexity index is 547. The zero-order valence-electron chi connectivity index (χ0n) is 15.6. The molecule has 0 aliphatic carbocycles. The number of ether oxygens (including phenoxy) is 1. The van der Waals surface area contributed by atoms with Crippen molar-refractivity contribution in [3.8, 4) is 0 Å². The molecule has 2 fully saturated rings. The molecule has 1 atom stereocenters. The molecular weight excluding hydrogens is 318 g/mol. The Labute approximate surface area is 150 Å². The Morgan fingerprint density at radius 3 is 2.56 bits per heavy atom. The van der Waals surface area contributed by atoms with Crippen molar-refractivity contribution >= 4 is 5.91 Å². The quantitative estimate of drug-likeness (QED) is 0.751. The lowest BCUT2D eigenvalue weighted by molar-refractivity contribution is -0.133. The number of nitrogens with zero attached hydrogens (tertiary/aromatic N) is 5. The first-order valence-electron chi connectivity index (χ1n) is 9.41. The summed E-state index contributed by atoms with van der Waals surface area (Å²) in [6.45, 7) is 10.2. The van der Waals surface area contributed by atoms with Crippen molar-refractivity contribution in [2.45, 2.75) is 32.4 Å². The van der Waals surface area contributed by atoms with E-state index in [2.05, 4.69) is 26.3 Å². The van der Waals surface area contributed by atoms with Gasteiger partial charge < -0.3 is 14.2 Å². The fourth-order valence-electron chi connectivity index (χ4n) is 3.60. The Kier molecular flexibility index (Phi) is 6.45. The second-order valence-corrected chi connectivity index (χ2v) is 7.15. The fourth-order valence-corrected chi connectivity index (χ4v) is 3.60. The largest absolute Gasteiger partial charge is 0.379 e. The van der Waals surface area contributed by atoms with Crippen molar-refractivity contribution in [1.29, 1.82) is 0 Å². The third kappa shape index (κ3) is 5.03. The van der Waals surface area contributed by atoms with Crippen LogP contribution in [0.3, 0.4) is 0 Å². The number of carbonyl (C=O) groups excluding carboxylic acids is 1. The van der Waals surface area contributed by atoms with Crippen LogP contribution in [0, 0.1) is 0 Å². The molecule has 0 aromatic carbocycles. The van der Waals surface area contributed by atoms with Crippen LogP contribution in [-0.2, 0) is 23.1 Å². The van der Waals surface area contributed by atoms with Gasteiger partial charge in [0.25, 0.3) is 0 Å².